The monoisotopic (exact) mass is 433 g/mol. The van der Waals surface area contributed by atoms with Crippen molar-refractivity contribution in [3.63, 3.8) is 0 Å². The van der Waals surface area contributed by atoms with Crippen molar-refractivity contribution in [3.8, 4) is 0 Å². The van der Waals surface area contributed by atoms with Gasteiger partial charge < -0.3 is 20.3 Å². The molecular formula is C24H39N3O4. The molecule has 1 rings (SSSR count). The van der Waals surface area contributed by atoms with E-state index in [1.807, 2.05) is 32.0 Å². The predicted molar refractivity (Wildman–Crippen MR) is 123 cm³/mol. The molecule has 1 aromatic rings. The van der Waals surface area contributed by atoms with Crippen LogP contribution in [0.25, 0.3) is 0 Å². The average Bonchev–Trinajstić information content (AvgIpc) is 2.64. The van der Waals surface area contributed by atoms with Gasteiger partial charge in [-0.15, -0.1) is 0 Å². The fourth-order valence-electron chi connectivity index (χ4n) is 3.32. The van der Waals surface area contributed by atoms with Crippen LogP contribution in [0.3, 0.4) is 0 Å². The SMILES string of the molecule is CCCCCNC(=O)C(c1ccc(C)cc1C)N(C)C(=O)C(C)NC(=O)OC(C)(C)C. The largest absolute Gasteiger partial charge is 0.444 e. The molecule has 0 aliphatic heterocycles. The molecule has 2 unspecified atom stereocenters. The van der Waals surface area contributed by atoms with Gasteiger partial charge in [0.1, 0.15) is 17.7 Å². The van der Waals surface area contributed by atoms with E-state index in [9.17, 15) is 14.4 Å². The molecule has 3 amide bonds. The Morgan fingerprint density at radius 2 is 1.77 bits per heavy atom. The van der Waals surface area contributed by atoms with Crippen LogP contribution in [-0.4, -0.2) is 48.0 Å². The first-order chi connectivity index (χ1) is 14.4. The molecule has 0 aliphatic carbocycles. The van der Waals surface area contributed by atoms with Crippen molar-refractivity contribution in [1.82, 2.24) is 15.5 Å². The molecule has 7 heteroatoms. The van der Waals surface area contributed by atoms with Gasteiger partial charge in [-0.3, -0.25) is 9.59 Å². The van der Waals surface area contributed by atoms with E-state index in [2.05, 4.69) is 17.6 Å². The lowest BCUT2D eigenvalue weighted by Gasteiger charge is -2.31. The van der Waals surface area contributed by atoms with Crippen LogP contribution in [-0.2, 0) is 14.3 Å². The van der Waals surface area contributed by atoms with Gasteiger partial charge in [-0.25, -0.2) is 4.79 Å². The van der Waals surface area contributed by atoms with E-state index < -0.39 is 23.8 Å². The number of unbranched alkanes of at least 4 members (excludes halogenated alkanes) is 2. The van der Waals surface area contributed by atoms with Gasteiger partial charge in [0, 0.05) is 13.6 Å². The van der Waals surface area contributed by atoms with E-state index >= 15 is 0 Å². The summed E-state index contributed by atoms with van der Waals surface area (Å²) in [6.07, 6.45) is 2.30. The molecule has 2 atom stereocenters. The number of hydrogen-bond acceptors (Lipinski definition) is 4. The smallest absolute Gasteiger partial charge is 0.408 e. The Hall–Kier alpha value is -2.57. The topological polar surface area (TPSA) is 87.7 Å². The third-order valence-corrected chi connectivity index (χ3v) is 4.89. The Morgan fingerprint density at radius 3 is 2.32 bits per heavy atom. The number of aryl methyl sites for hydroxylation is 2. The summed E-state index contributed by atoms with van der Waals surface area (Å²) in [6, 6.07) is 4.17. The van der Waals surface area contributed by atoms with Gasteiger partial charge in [0.2, 0.25) is 11.8 Å². The summed E-state index contributed by atoms with van der Waals surface area (Å²) >= 11 is 0. The lowest BCUT2D eigenvalue weighted by atomic mass is 9.97. The van der Waals surface area contributed by atoms with Crippen molar-refractivity contribution >= 4 is 17.9 Å². The number of ether oxygens (including phenoxy) is 1. The van der Waals surface area contributed by atoms with Crippen LogP contribution in [0.5, 0.6) is 0 Å². The summed E-state index contributed by atoms with van der Waals surface area (Å²) in [5, 5.41) is 5.52. The first-order valence-corrected chi connectivity index (χ1v) is 11.0. The molecular weight excluding hydrogens is 394 g/mol. The number of nitrogens with zero attached hydrogens (tertiary/aromatic N) is 1. The molecule has 7 nitrogen and oxygen atoms in total. The highest BCUT2D eigenvalue weighted by Crippen LogP contribution is 2.25. The number of carbonyl (C=O) groups is 3. The number of rotatable bonds is 9. The molecule has 0 spiro atoms. The Labute approximate surface area is 186 Å². The van der Waals surface area contributed by atoms with Crippen LogP contribution in [0.4, 0.5) is 4.79 Å². The maximum absolute atomic E-state index is 13.1. The van der Waals surface area contributed by atoms with Crippen LogP contribution >= 0.6 is 0 Å². The van der Waals surface area contributed by atoms with E-state index in [4.69, 9.17) is 4.74 Å². The van der Waals surface area contributed by atoms with Gasteiger partial charge in [-0.05, 0) is 59.1 Å². The van der Waals surface area contributed by atoms with Crippen molar-refractivity contribution in [2.24, 2.45) is 0 Å². The molecule has 0 radical (unpaired) electrons. The molecule has 0 fully saturated rings. The summed E-state index contributed by atoms with van der Waals surface area (Å²) in [5.74, 6) is -0.608. The van der Waals surface area contributed by atoms with E-state index in [1.54, 1.807) is 34.7 Å². The zero-order chi connectivity index (χ0) is 23.8. The molecule has 0 aliphatic rings. The van der Waals surface area contributed by atoms with Crippen LogP contribution in [0, 0.1) is 13.8 Å². The highest BCUT2D eigenvalue weighted by molar-refractivity contribution is 5.92. The fraction of sp³-hybridized carbons (Fsp3) is 0.625. The van der Waals surface area contributed by atoms with Gasteiger partial charge in [0.25, 0.3) is 0 Å². The number of amides is 3. The highest BCUT2D eigenvalue weighted by Gasteiger charge is 2.32. The number of hydrogen-bond donors (Lipinski definition) is 2. The fourth-order valence-corrected chi connectivity index (χ4v) is 3.32. The quantitative estimate of drug-likeness (QED) is 0.576. The highest BCUT2D eigenvalue weighted by atomic mass is 16.6. The molecule has 174 valence electrons. The summed E-state index contributed by atoms with van der Waals surface area (Å²) in [4.78, 5) is 39.7. The van der Waals surface area contributed by atoms with E-state index in [0.29, 0.717) is 6.54 Å². The lowest BCUT2D eigenvalue weighted by molar-refractivity contribution is -0.140. The Balaban J connectivity index is 3.06. The molecule has 1 aromatic carbocycles. The molecule has 0 aromatic heterocycles. The lowest BCUT2D eigenvalue weighted by Crippen LogP contribution is -2.50. The van der Waals surface area contributed by atoms with Gasteiger partial charge in [0.15, 0.2) is 0 Å². The normalized spacial score (nSPS) is 13.2. The van der Waals surface area contributed by atoms with Gasteiger partial charge in [-0.1, -0.05) is 43.5 Å². The second-order valence-electron chi connectivity index (χ2n) is 9.08. The second kappa shape index (κ2) is 11.7. The zero-order valence-corrected chi connectivity index (χ0v) is 20.3. The number of alkyl carbamates (subject to hydrolysis) is 1. The Kier molecular flexibility index (Phi) is 10.0. The zero-order valence-electron chi connectivity index (χ0n) is 20.3. The predicted octanol–water partition coefficient (Wildman–Crippen LogP) is 4.02. The minimum Gasteiger partial charge on any atom is -0.444 e. The summed E-state index contributed by atoms with van der Waals surface area (Å²) in [6.45, 7) is 13.4. The van der Waals surface area contributed by atoms with Crippen molar-refractivity contribution < 1.29 is 19.1 Å². The average molecular weight is 434 g/mol. The molecule has 0 bridgehead atoms. The van der Waals surface area contributed by atoms with Crippen molar-refractivity contribution in [2.75, 3.05) is 13.6 Å². The second-order valence-corrected chi connectivity index (χ2v) is 9.08. The van der Waals surface area contributed by atoms with Crippen LogP contribution < -0.4 is 10.6 Å². The van der Waals surface area contributed by atoms with E-state index in [-0.39, 0.29) is 11.8 Å². The van der Waals surface area contributed by atoms with Crippen molar-refractivity contribution in [2.45, 2.75) is 85.4 Å². The standard InChI is InChI=1S/C24H39N3O4/c1-9-10-11-14-25-21(28)20(19-13-12-16(2)15-17(19)3)27(8)22(29)18(4)26-23(30)31-24(5,6)7/h12-13,15,18,20H,9-11,14H2,1-8H3,(H,25,28)(H,26,30). The molecule has 0 saturated carbocycles. The van der Waals surface area contributed by atoms with Gasteiger partial charge in [-0.2, -0.15) is 0 Å². The third-order valence-electron chi connectivity index (χ3n) is 4.89. The Morgan fingerprint density at radius 1 is 1.13 bits per heavy atom. The maximum atomic E-state index is 13.1. The van der Waals surface area contributed by atoms with Crippen molar-refractivity contribution in [3.05, 3.63) is 34.9 Å². The summed E-state index contributed by atoms with van der Waals surface area (Å²) < 4.78 is 5.24. The number of carbonyl (C=O) groups excluding carboxylic acids is 3. The van der Waals surface area contributed by atoms with E-state index in [1.165, 1.54) is 4.90 Å². The van der Waals surface area contributed by atoms with E-state index in [0.717, 1.165) is 36.0 Å². The van der Waals surface area contributed by atoms with Crippen LogP contribution in [0.15, 0.2) is 18.2 Å². The number of nitrogens with one attached hydrogen (secondary N) is 2. The number of benzene rings is 1. The summed E-state index contributed by atoms with van der Waals surface area (Å²) in [7, 11) is 1.59. The molecule has 2 N–H and O–H groups in total. The maximum Gasteiger partial charge on any atom is 0.408 e. The minimum atomic E-state index is -0.846. The molecule has 0 saturated heterocycles. The molecule has 31 heavy (non-hydrogen) atoms. The first kappa shape index (κ1) is 26.5. The van der Waals surface area contributed by atoms with Gasteiger partial charge in [0.05, 0.1) is 0 Å². The number of likely N-dealkylation sites (N-methyl/N-ethyl adjacent to an activating group) is 1. The molecule has 0 heterocycles. The Bertz CT molecular complexity index is 771. The first-order valence-electron chi connectivity index (χ1n) is 11.0. The summed E-state index contributed by atoms with van der Waals surface area (Å²) in [5.41, 5.74) is 2.11. The van der Waals surface area contributed by atoms with Crippen molar-refractivity contribution in [1.29, 1.82) is 0 Å². The van der Waals surface area contributed by atoms with Gasteiger partial charge >= 0.3 is 6.09 Å². The third kappa shape index (κ3) is 8.59. The minimum absolute atomic E-state index is 0.233. The van der Waals surface area contributed by atoms with Crippen LogP contribution in [0.1, 0.15) is 76.6 Å². The van der Waals surface area contributed by atoms with Crippen LogP contribution in [0.2, 0.25) is 0 Å².